The van der Waals surface area contributed by atoms with Crippen LogP contribution in [0.25, 0.3) is 0 Å². The van der Waals surface area contributed by atoms with Gasteiger partial charge in [0.05, 0.1) is 0 Å². The van der Waals surface area contributed by atoms with Gasteiger partial charge < -0.3 is 5.73 Å². The molecule has 1 fully saturated rings. The molecule has 0 aromatic heterocycles. The lowest BCUT2D eigenvalue weighted by molar-refractivity contribution is 0.535. The Morgan fingerprint density at radius 2 is 1.73 bits per heavy atom. The van der Waals surface area contributed by atoms with Crippen molar-refractivity contribution in [3.63, 3.8) is 0 Å². The van der Waals surface area contributed by atoms with Crippen LogP contribution in [-0.4, -0.2) is 6.04 Å². The van der Waals surface area contributed by atoms with E-state index in [4.69, 9.17) is 17.3 Å². The molecule has 0 bridgehead atoms. The number of nitrogens with two attached hydrogens (primary N) is 1. The van der Waals surface area contributed by atoms with Crippen molar-refractivity contribution in [3.05, 3.63) is 34.9 Å². The third-order valence-corrected chi connectivity index (χ3v) is 3.56. The van der Waals surface area contributed by atoms with E-state index in [2.05, 4.69) is 12.1 Å². The van der Waals surface area contributed by atoms with E-state index in [-0.39, 0.29) is 0 Å². The van der Waals surface area contributed by atoms with Crippen molar-refractivity contribution in [1.82, 2.24) is 0 Å². The molecule has 1 aromatic carbocycles. The molecule has 2 unspecified atom stereocenters. The molecule has 15 heavy (non-hydrogen) atoms. The summed E-state index contributed by atoms with van der Waals surface area (Å²) in [5, 5.41) is 0.816. The van der Waals surface area contributed by atoms with E-state index in [0.717, 1.165) is 11.4 Å². The Morgan fingerprint density at radius 3 is 2.47 bits per heavy atom. The Morgan fingerprint density at radius 1 is 1.07 bits per heavy atom. The number of rotatable bonds is 1. The van der Waals surface area contributed by atoms with Gasteiger partial charge in [-0.1, -0.05) is 36.6 Å². The molecular formula is C13H18ClN. The summed E-state index contributed by atoms with van der Waals surface area (Å²) in [4.78, 5) is 0. The lowest BCUT2D eigenvalue weighted by atomic mass is 9.91. The Kier molecular flexibility index (Phi) is 3.66. The molecule has 1 aromatic rings. The van der Waals surface area contributed by atoms with E-state index in [1.807, 2.05) is 12.1 Å². The van der Waals surface area contributed by atoms with Crippen LogP contribution in [0.15, 0.2) is 24.3 Å². The fraction of sp³-hybridized carbons (Fsp3) is 0.538. The first-order chi connectivity index (χ1) is 7.25. The molecule has 0 saturated heterocycles. The average molecular weight is 224 g/mol. The summed E-state index contributed by atoms with van der Waals surface area (Å²) < 4.78 is 0. The second-order valence-electron chi connectivity index (χ2n) is 4.53. The maximum absolute atomic E-state index is 6.07. The summed E-state index contributed by atoms with van der Waals surface area (Å²) in [5.74, 6) is 0.639. The van der Waals surface area contributed by atoms with Gasteiger partial charge in [-0.05, 0) is 42.9 Å². The minimum atomic E-state index is 0.383. The van der Waals surface area contributed by atoms with Gasteiger partial charge in [0.2, 0.25) is 0 Å². The van der Waals surface area contributed by atoms with Crippen molar-refractivity contribution in [2.45, 2.75) is 44.1 Å². The molecule has 2 rings (SSSR count). The highest BCUT2D eigenvalue weighted by Gasteiger charge is 2.18. The van der Waals surface area contributed by atoms with Gasteiger partial charge in [-0.15, -0.1) is 0 Å². The topological polar surface area (TPSA) is 26.0 Å². The van der Waals surface area contributed by atoms with Crippen LogP contribution in [-0.2, 0) is 0 Å². The molecule has 1 aliphatic carbocycles. The highest BCUT2D eigenvalue weighted by atomic mass is 35.5. The van der Waals surface area contributed by atoms with Gasteiger partial charge in [0, 0.05) is 11.1 Å². The largest absolute Gasteiger partial charge is 0.328 e. The summed E-state index contributed by atoms with van der Waals surface area (Å²) in [6.45, 7) is 0. The van der Waals surface area contributed by atoms with E-state index < -0.39 is 0 Å². The molecule has 0 radical (unpaired) electrons. The number of hydrogen-bond acceptors (Lipinski definition) is 1. The van der Waals surface area contributed by atoms with Crippen LogP contribution < -0.4 is 5.73 Å². The second-order valence-corrected chi connectivity index (χ2v) is 4.97. The lowest BCUT2D eigenvalue weighted by Crippen LogP contribution is -2.20. The lowest BCUT2D eigenvalue weighted by Gasteiger charge is -2.17. The third kappa shape index (κ3) is 2.96. The molecule has 1 nitrogen and oxygen atoms in total. The molecule has 0 aliphatic heterocycles. The van der Waals surface area contributed by atoms with Crippen molar-refractivity contribution < 1.29 is 0 Å². The first kappa shape index (κ1) is 11.0. The molecule has 0 amide bonds. The van der Waals surface area contributed by atoms with Crippen molar-refractivity contribution in [1.29, 1.82) is 0 Å². The van der Waals surface area contributed by atoms with Crippen LogP contribution in [0.3, 0.4) is 0 Å². The van der Waals surface area contributed by atoms with Crippen LogP contribution in [0.2, 0.25) is 5.02 Å². The van der Waals surface area contributed by atoms with Crippen LogP contribution in [0.4, 0.5) is 0 Å². The molecule has 2 N–H and O–H groups in total. The highest BCUT2D eigenvalue weighted by Crippen LogP contribution is 2.31. The SMILES string of the molecule is NC1CCCCC(c2ccc(Cl)cc2)C1. The summed E-state index contributed by atoms with van der Waals surface area (Å²) in [5.41, 5.74) is 7.47. The monoisotopic (exact) mass is 223 g/mol. The minimum Gasteiger partial charge on any atom is -0.328 e. The van der Waals surface area contributed by atoms with E-state index in [0.29, 0.717) is 12.0 Å². The van der Waals surface area contributed by atoms with Crippen LogP contribution in [0.1, 0.15) is 43.6 Å². The van der Waals surface area contributed by atoms with Crippen molar-refractivity contribution in [3.8, 4) is 0 Å². The maximum Gasteiger partial charge on any atom is 0.0406 e. The quantitative estimate of drug-likeness (QED) is 0.722. The summed E-state index contributed by atoms with van der Waals surface area (Å²) in [6.07, 6.45) is 6.17. The van der Waals surface area contributed by atoms with E-state index in [1.165, 1.54) is 31.2 Å². The number of hydrogen-bond donors (Lipinski definition) is 1. The van der Waals surface area contributed by atoms with Gasteiger partial charge in [-0.3, -0.25) is 0 Å². The van der Waals surface area contributed by atoms with Gasteiger partial charge in [0.1, 0.15) is 0 Å². The van der Waals surface area contributed by atoms with Gasteiger partial charge in [0.15, 0.2) is 0 Å². The predicted octanol–water partition coefficient (Wildman–Crippen LogP) is 3.72. The van der Waals surface area contributed by atoms with Gasteiger partial charge in [0.25, 0.3) is 0 Å². The zero-order chi connectivity index (χ0) is 10.7. The van der Waals surface area contributed by atoms with E-state index in [1.54, 1.807) is 0 Å². The van der Waals surface area contributed by atoms with Gasteiger partial charge >= 0.3 is 0 Å². The summed E-state index contributed by atoms with van der Waals surface area (Å²) in [6, 6.07) is 8.63. The smallest absolute Gasteiger partial charge is 0.0406 e. The predicted molar refractivity (Wildman–Crippen MR) is 65.3 cm³/mol. The summed E-state index contributed by atoms with van der Waals surface area (Å²) >= 11 is 5.89. The number of halogens is 1. The Hall–Kier alpha value is -0.530. The fourth-order valence-electron chi connectivity index (χ4n) is 2.44. The molecule has 2 atom stereocenters. The normalized spacial score (nSPS) is 27.3. The Balaban J connectivity index is 2.11. The van der Waals surface area contributed by atoms with Gasteiger partial charge in [-0.25, -0.2) is 0 Å². The summed E-state index contributed by atoms with van der Waals surface area (Å²) in [7, 11) is 0. The van der Waals surface area contributed by atoms with Crippen molar-refractivity contribution in [2.75, 3.05) is 0 Å². The molecule has 2 heteroatoms. The first-order valence-electron chi connectivity index (χ1n) is 5.77. The van der Waals surface area contributed by atoms with Crippen LogP contribution >= 0.6 is 11.6 Å². The van der Waals surface area contributed by atoms with Crippen LogP contribution in [0.5, 0.6) is 0 Å². The maximum atomic E-state index is 6.07. The van der Waals surface area contributed by atoms with Gasteiger partial charge in [-0.2, -0.15) is 0 Å². The molecular weight excluding hydrogens is 206 g/mol. The average Bonchev–Trinajstić information content (AvgIpc) is 2.44. The molecule has 0 heterocycles. The zero-order valence-corrected chi connectivity index (χ0v) is 9.71. The molecule has 1 saturated carbocycles. The molecule has 82 valence electrons. The fourth-order valence-corrected chi connectivity index (χ4v) is 2.56. The Bertz CT molecular complexity index is 307. The standard InChI is InChI=1S/C13H18ClN/c14-12-7-5-10(6-8-12)11-3-1-2-4-13(15)9-11/h5-8,11,13H,1-4,9,15H2. The van der Waals surface area contributed by atoms with Crippen molar-refractivity contribution >= 4 is 11.6 Å². The highest BCUT2D eigenvalue weighted by molar-refractivity contribution is 6.30. The number of benzene rings is 1. The van der Waals surface area contributed by atoms with E-state index in [9.17, 15) is 0 Å². The molecule has 1 aliphatic rings. The Labute approximate surface area is 96.6 Å². The molecule has 0 spiro atoms. The van der Waals surface area contributed by atoms with Crippen molar-refractivity contribution in [2.24, 2.45) is 5.73 Å². The van der Waals surface area contributed by atoms with Crippen LogP contribution in [0, 0.1) is 0 Å². The second kappa shape index (κ2) is 5.00. The third-order valence-electron chi connectivity index (χ3n) is 3.31. The minimum absolute atomic E-state index is 0.383. The zero-order valence-electron chi connectivity index (χ0n) is 8.95. The first-order valence-corrected chi connectivity index (χ1v) is 6.14. The van der Waals surface area contributed by atoms with E-state index >= 15 is 0 Å².